The summed E-state index contributed by atoms with van der Waals surface area (Å²) in [5.41, 5.74) is 8.53. The SMILES string of the molecule is c1ccc2cc3c(cc2c1)oc1c(-c2nc(-c4cccc5sc6ccccc6c45)nc(-n4c5ccccc5c5ccccc54)n2)cc(-n2c4ccccc4c4cc5ccccc5cc42)cc13. The summed E-state index contributed by atoms with van der Waals surface area (Å²) in [4.78, 5) is 16.5. The molecule has 66 heavy (non-hydrogen) atoms. The largest absolute Gasteiger partial charge is 0.455 e. The number of para-hydroxylation sites is 3. The lowest BCUT2D eigenvalue weighted by molar-refractivity contribution is 0.670. The molecule has 0 bridgehead atoms. The molecule has 0 aliphatic rings. The summed E-state index contributed by atoms with van der Waals surface area (Å²) in [6.07, 6.45) is 0. The third-order valence-corrected chi connectivity index (χ3v) is 14.6. The first-order valence-corrected chi connectivity index (χ1v) is 23.0. The van der Waals surface area contributed by atoms with Crippen LogP contribution in [0.25, 0.3) is 142 Å². The molecule has 0 aliphatic heterocycles. The highest BCUT2D eigenvalue weighted by Crippen LogP contribution is 2.44. The van der Waals surface area contributed by atoms with Gasteiger partial charge in [-0.1, -0.05) is 133 Å². The highest BCUT2D eigenvalue weighted by Gasteiger charge is 2.24. The van der Waals surface area contributed by atoms with E-state index in [1.165, 1.54) is 36.3 Å². The molecule has 5 aromatic heterocycles. The molecule has 0 saturated carbocycles. The molecule has 7 heteroatoms. The Balaban J connectivity index is 1.10. The predicted molar refractivity (Wildman–Crippen MR) is 275 cm³/mol. The second kappa shape index (κ2) is 13.4. The number of fused-ring (bicyclic) bond motifs is 14. The summed E-state index contributed by atoms with van der Waals surface area (Å²) in [6.45, 7) is 0. The minimum Gasteiger partial charge on any atom is -0.455 e. The zero-order valence-corrected chi connectivity index (χ0v) is 35.9. The van der Waals surface area contributed by atoms with Crippen molar-refractivity contribution in [3.63, 3.8) is 0 Å². The van der Waals surface area contributed by atoms with Crippen LogP contribution < -0.4 is 0 Å². The summed E-state index contributed by atoms with van der Waals surface area (Å²) in [5.74, 6) is 1.65. The van der Waals surface area contributed by atoms with E-state index in [4.69, 9.17) is 19.4 Å². The summed E-state index contributed by atoms with van der Waals surface area (Å²) in [7, 11) is 0. The normalized spacial score (nSPS) is 12.2. The first-order valence-electron chi connectivity index (χ1n) is 22.2. The van der Waals surface area contributed by atoms with Gasteiger partial charge in [-0.25, -0.2) is 4.98 Å². The molecule has 0 atom stereocenters. The Labute approximate surface area is 379 Å². The third kappa shape index (κ3) is 5.08. The number of hydrogen-bond donors (Lipinski definition) is 0. The van der Waals surface area contributed by atoms with Crippen molar-refractivity contribution in [2.75, 3.05) is 0 Å². The van der Waals surface area contributed by atoms with Gasteiger partial charge >= 0.3 is 0 Å². The van der Waals surface area contributed by atoms with E-state index >= 15 is 0 Å². The van der Waals surface area contributed by atoms with Crippen molar-refractivity contribution in [3.8, 4) is 34.4 Å². The molecule has 15 aromatic rings. The molecule has 306 valence electrons. The maximum absolute atomic E-state index is 7.07. The van der Waals surface area contributed by atoms with Gasteiger partial charge in [-0.05, 0) is 88.3 Å². The minimum atomic E-state index is 0.523. The van der Waals surface area contributed by atoms with Crippen LogP contribution in [0.2, 0.25) is 0 Å². The van der Waals surface area contributed by atoms with E-state index in [9.17, 15) is 0 Å². The van der Waals surface area contributed by atoms with Crippen molar-refractivity contribution < 1.29 is 4.42 Å². The molecular weight excluding hydrogens is 827 g/mol. The van der Waals surface area contributed by atoms with Gasteiger partial charge in [0.25, 0.3) is 0 Å². The van der Waals surface area contributed by atoms with E-state index in [1.54, 1.807) is 11.3 Å². The quantitative estimate of drug-likeness (QED) is 0.177. The molecule has 15 rings (SSSR count). The van der Waals surface area contributed by atoms with Crippen LogP contribution >= 0.6 is 11.3 Å². The number of benzene rings is 10. The fourth-order valence-electron chi connectivity index (χ4n) is 10.6. The Bertz CT molecular complexity index is 4500. The van der Waals surface area contributed by atoms with E-state index < -0.39 is 0 Å². The average molecular weight is 860 g/mol. The second-order valence-corrected chi connectivity index (χ2v) is 18.2. The van der Waals surface area contributed by atoms with Crippen LogP contribution in [0.5, 0.6) is 0 Å². The monoisotopic (exact) mass is 859 g/mol. The number of hydrogen-bond acceptors (Lipinski definition) is 5. The van der Waals surface area contributed by atoms with Gasteiger partial charge in [0, 0.05) is 63.7 Å². The van der Waals surface area contributed by atoms with Gasteiger partial charge in [0.2, 0.25) is 5.95 Å². The third-order valence-electron chi connectivity index (χ3n) is 13.5. The maximum atomic E-state index is 7.07. The molecule has 0 fully saturated rings. The number of aromatic nitrogens is 5. The zero-order chi connectivity index (χ0) is 43.0. The molecule has 5 heterocycles. The topological polar surface area (TPSA) is 61.7 Å². The van der Waals surface area contributed by atoms with Gasteiger partial charge in [-0.3, -0.25) is 4.57 Å². The first kappa shape index (κ1) is 35.8. The van der Waals surface area contributed by atoms with E-state index in [1.807, 2.05) is 0 Å². The number of rotatable bonds is 4. The van der Waals surface area contributed by atoms with Gasteiger partial charge in [-0.2, -0.15) is 9.97 Å². The highest BCUT2D eigenvalue weighted by molar-refractivity contribution is 7.25. The molecule has 6 nitrogen and oxygen atoms in total. The van der Waals surface area contributed by atoms with E-state index in [0.717, 1.165) is 87.8 Å². The van der Waals surface area contributed by atoms with Gasteiger partial charge in [0.1, 0.15) is 11.2 Å². The lowest BCUT2D eigenvalue weighted by Crippen LogP contribution is -2.07. The number of furan rings is 1. The molecular formula is C59H33N5OS. The van der Waals surface area contributed by atoms with Crippen LogP contribution in [0.15, 0.2) is 205 Å². The predicted octanol–water partition coefficient (Wildman–Crippen LogP) is 16.0. The molecule has 0 N–H and O–H groups in total. The first-order chi connectivity index (χ1) is 32.7. The van der Waals surface area contributed by atoms with Gasteiger partial charge in [0.15, 0.2) is 11.6 Å². The van der Waals surface area contributed by atoms with Crippen LogP contribution in [0.3, 0.4) is 0 Å². The highest BCUT2D eigenvalue weighted by atomic mass is 32.1. The van der Waals surface area contributed by atoms with Crippen LogP contribution in [0.1, 0.15) is 0 Å². The molecule has 0 unspecified atom stereocenters. The fraction of sp³-hybridized carbons (Fsp3) is 0. The van der Waals surface area contributed by atoms with Gasteiger partial charge < -0.3 is 8.98 Å². The van der Waals surface area contributed by atoms with Crippen molar-refractivity contribution in [2.45, 2.75) is 0 Å². The van der Waals surface area contributed by atoms with Gasteiger partial charge in [-0.15, -0.1) is 11.3 Å². The van der Waals surface area contributed by atoms with Crippen molar-refractivity contribution in [2.24, 2.45) is 0 Å². The van der Waals surface area contributed by atoms with Crippen LogP contribution in [0, 0.1) is 0 Å². The molecule has 10 aromatic carbocycles. The standard InChI is InChI=1S/C59H33N5OS/c1-3-16-36-30-51-44(28-34(36)14-1)41-20-7-9-23-48(41)63(51)38-32-46-45-29-35-15-2-4-17-37(35)31-52(45)65-56(46)47(33-38)58-60-57(43-22-13-27-54-55(43)42-21-8-12-26-53(42)66-54)61-59(62-58)64-49-24-10-5-18-39(49)40-19-6-11-25-50(40)64/h1-33H. The maximum Gasteiger partial charge on any atom is 0.238 e. The molecule has 0 radical (unpaired) electrons. The summed E-state index contributed by atoms with van der Waals surface area (Å²) in [6, 6.07) is 71.4. The van der Waals surface area contributed by atoms with Crippen LogP contribution in [-0.4, -0.2) is 24.1 Å². The van der Waals surface area contributed by atoms with Crippen LogP contribution in [0.4, 0.5) is 0 Å². The second-order valence-electron chi connectivity index (χ2n) is 17.2. The Morgan fingerprint density at radius 2 is 0.909 bits per heavy atom. The number of nitrogens with zero attached hydrogens (tertiary/aromatic N) is 5. The average Bonchev–Trinajstić information content (AvgIpc) is 4.12. The van der Waals surface area contributed by atoms with Crippen molar-refractivity contribution in [1.82, 2.24) is 24.1 Å². The lowest BCUT2D eigenvalue weighted by atomic mass is 10.0. The molecule has 0 aliphatic carbocycles. The molecule has 0 spiro atoms. The van der Waals surface area contributed by atoms with E-state index in [2.05, 4.69) is 209 Å². The summed E-state index contributed by atoms with van der Waals surface area (Å²) < 4.78 is 14.1. The van der Waals surface area contributed by atoms with Crippen molar-refractivity contribution in [3.05, 3.63) is 200 Å². The van der Waals surface area contributed by atoms with Gasteiger partial charge in [0.05, 0.1) is 27.6 Å². The minimum absolute atomic E-state index is 0.523. The molecule has 0 saturated heterocycles. The summed E-state index contributed by atoms with van der Waals surface area (Å²) >= 11 is 1.79. The summed E-state index contributed by atoms with van der Waals surface area (Å²) in [5, 5.41) is 13.6. The Kier molecular flexibility index (Phi) is 7.28. The Hall–Kier alpha value is -8.65. The smallest absolute Gasteiger partial charge is 0.238 e. The van der Waals surface area contributed by atoms with Crippen LogP contribution in [-0.2, 0) is 0 Å². The van der Waals surface area contributed by atoms with Crippen molar-refractivity contribution in [1.29, 1.82) is 0 Å². The Morgan fingerprint density at radius 3 is 1.62 bits per heavy atom. The zero-order valence-electron chi connectivity index (χ0n) is 35.1. The van der Waals surface area contributed by atoms with Crippen molar-refractivity contribution >= 4 is 119 Å². The fourth-order valence-corrected chi connectivity index (χ4v) is 11.7. The lowest BCUT2D eigenvalue weighted by Gasteiger charge is -2.14. The molecule has 0 amide bonds. The number of thiophene rings is 1. The van der Waals surface area contributed by atoms with E-state index in [0.29, 0.717) is 17.6 Å². The van der Waals surface area contributed by atoms with E-state index in [-0.39, 0.29) is 0 Å². The Morgan fingerprint density at radius 1 is 0.364 bits per heavy atom.